The van der Waals surface area contributed by atoms with E-state index in [0.717, 1.165) is 5.56 Å². The molecule has 0 aliphatic carbocycles. The Hall–Kier alpha value is -3.95. The van der Waals surface area contributed by atoms with Crippen LogP contribution in [-0.4, -0.2) is 29.6 Å². The normalized spacial score (nSPS) is 14.4. The summed E-state index contributed by atoms with van der Waals surface area (Å²) in [5.41, 5.74) is 1.67. The number of carbonyl (C=O) groups excluding carboxylic acids is 2. The molecule has 4 aromatic rings. The highest BCUT2D eigenvalue weighted by Gasteiger charge is 2.32. The minimum atomic E-state index is -0.664. The van der Waals surface area contributed by atoms with Crippen molar-refractivity contribution < 1.29 is 14.0 Å². The molecule has 10 heteroatoms. The molecule has 36 heavy (non-hydrogen) atoms. The topological polar surface area (TPSA) is 83.4 Å². The van der Waals surface area contributed by atoms with E-state index in [1.807, 2.05) is 24.3 Å². The quantitative estimate of drug-likeness (QED) is 0.375. The van der Waals surface area contributed by atoms with Crippen LogP contribution in [0.15, 0.2) is 83.8 Å². The van der Waals surface area contributed by atoms with E-state index in [-0.39, 0.29) is 23.1 Å². The van der Waals surface area contributed by atoms with E-state index >= 15 is 0 Å². The van der Waals surface area contributed by atoms with E-state index in [9.17, 15) is 18.8 Å². The Morgan fingerprint density at radius 3 is 2.61 bits per heavy atom. The molecule has 2 N–H and O–H groups in total. The van der Waals surface area contributed by atoms with Crippen molar-refractivity contribution in [2.24, 2.45) is 0 Å². The van der Waals surface area contributed by atoms with Crippen molar-refractivity contribution in [3.8, 4) is 5.69 Å². The number of hydrogen-bond acceptors (Lipinski definition) is 4. The van der Waals surface area contributed by atoms with Gasteiger partial charge >= 0.3 is 6.03 Å². The Morgan fingerprint density at radius 2 is 1.86 bits per heavy atom. The first-order valence-corrected chi connectivity index (χ1v) is 12.3. The summed E-state index contributed by atoms with van der Waals surface area (Å²) in [6.07, 6.45) is 1.54. The number of carbonyl (C=O) groups is 2. The molecular weight excluding hydrogens is 503 g/mol. The molecule has 3 amide bonds. The molecule has 182 valence electrons. The summed E-state index contributed by atoms with van der Waals surface area (Å²) in [7, 11) is 0. The Kier molecular flexibility index (Phi) is 6.58. The maximum absolute atomic E-state index is 14.9. The summed E-state index contributed by atoms with van der Waals surface area (Å²) in [5, 5.41) is 5.53. The smallest absolute Gasteiger partial charge is 0.326 e. The third-order valence-corrected chi connectivity index (χ3v) is 7.15. The van der Waals surface area contributed by atoms with Crippen LogP contribution in [0.3, 0.4) is 0 Å². The largest absolute Gasteiger partial charge is 0.351 e. The summed E-state index contributed by atoms with van der Waals surface area (Å²) in [6, 6.07) is 19.1. The number of nitrogens with zero attached hydrogens (tertiary/aromatic N) is 2. The zero-order valence-corrected chi connectivity index (χ0v) is 20.4. The number of benzene rings is 2. The first kappa shape index (κ1) is 23.8. The van der Waals surface area contributed by atoms with Gasteiger partial charge in [0.1, 0.15) is 5.82 Å². The standard InChI is InChI=1S/C26H20ClFN4O3S/c27-23-11-10-22(36-23)25(34)29-14-16-15-32(21-6-2-1-5-18(16)21)26(35)30-20-9-8-17(13-19(20)28)31-12-4-3-7-24(31)33/h1-13,16H,14-15H2,(H,29,34)(H,30,35)/t16-/m1/s1. The maximum Gasteiger partial charge on any atom is 0.326 e. The summed E-state index contributed by atoms with van der Waals surface area (Å²) in [4.78, 5) is 39.7. The van der Waals surface area contributed by atoms with Crippen molar-refractivity contribution in [3.05, 3.63) is 110 Å². The fourth-order valence-corrected chi connectivity index (χ4v) is 5.14. The molecule has 0 spiro atoms. The fourth-order valence-electron chi connectivity index (χ4n) is 4.18. The van der Waals surface area contributed by atoms with Gasteiger partial charge < -0.3 is 10.6 Å². The van der Waals surface area contributed by atoms with Crippen molar-refractivity contribution in [1.29, 1.82) is 0 Å². The number of pyridine rings is 1. The van der Waals surface area contributed by atoms with Gasteiger partial charge in [-0.05, 0) is 42.0 Å². The Balaban J connectivity index is 1.30. The van der Waals surface area contributed by atoms with Gasteiger partial charge in [-0.2, -0.15) is 0 Å². The van der Waals surface area contributed by atoms with Crippen LogP contribution < -0.4 is 21.1 Å². The SMILES string of the molecule is O=C(NC[C@@H]1CN(C(=O)Nc2ccc(-n3ccccc3=O)cc2F)c2ccccc21)c1ccc(Cl)s1. The van der Waals surface area contributed by atoms with Gasteiger partial charge in [0.05, 0.1) is 20.6 Å². The van der Waals surface area contributed by atoms with Crippen LogP contribution in [-0.2, 0) is 0 Å². The van der Waals surface area contributed by atoms with Gasteiger partial charge in [0.2, 0.25) is 0 Å². The predicted molar refractivity (Wildman–Crippen MR) is 139 cm³/mol. The lowest BCUT2D eigenvalue weighted by Crippen LogP contribution is -2.36. The van der Waals surface area contributed by atoms with Crippen molar-refractivity contribution >= 4 is 46.3 Å². The lowest BCUT2D eigenvalue weighted by atomic mass is 10.0. The molecule has 5 rings (SSSR count). The summed E-state index contributed by atoms with van der Waals surface area (Å²) < 4.78 is 16.7. The average Bonchev–Trinajstić information content (AvgIpc) is 3.48. The molecule has 3 heterocycles. The van der Waals surface area contributed by atoms with Gasteiger partial charge in [-0.1, -0.05) is 35.9 Å². The zero-order valence-electron chi connectivity index (χ0n) is 18.8. The fraction of sp³-hybridized carbons (Fsp3) is 0.115. The number of thiophene rings is 1. The minimum absolute atomic E-state index is 0.00321. The number of hydrogen-bond donors (Lipinski definition) is 2. The number of nitrogens with one attached hydrogen (secondary N) is 2. The third-order valence-electron chi connectivity index (χ3n) is 5.92. The molecule has 0 unspecified atom stereocenters. The average molecular weight is 523 g/mol. The van der Waals surface area contributed by atoms with Crippen molar-refractivity contribution in [3.63, 3.8) is 0 Å². The van der Waals surface area contributed by atoms with Crippen LogP contribution in [0.1, 0.15) is 21.2 Å². The number of urea groups is 1. The minimum Gasteiger partial charge on any atom is -0.351 e. The maximum atomic E-state index is 14.9. The second-order valence-corrected chi connectivity index (χ2v) is 9.90. The molecular formula is C26H20ClFN4O3S. The van der Waals surface area contributed by atoms with Gasteiger partial charge in [0.15, 0.2) is 0 Å². The Labute approximate surface area is 214 Å². The van der Waals surface area contributed by atoms with Crippen LogP contribution >= 0.6 is 22.9 Å². The van der Waals surface area contributed by atoms with Gasteiger partial charge in [-0.15, -0.1) is 11.3 Å². The number of anilines is 2. The predicted octanol–water partition coefficient (Wildman–Crippen LogP) is 5.26. The van der Waals surface area contributed by atoms with E-state index in [1.54, 1.807) is 36.5 Å². The number of fused-ring (bicyclic) bond motifs is 1. The number of halogens is 2. The third kappa shape index (κ3) is 4.75. The molecule has 1 aliphatic rings. The van der Waals surface area contributed by atoms with E-state index in [2.05, 4.69) is 10.6 Å². The number of rotatable bonds is 5. The van der Waals surface area contributed by atoms with Crippen molar-refractivity contribution in [2.75, 3.05) is 23.3 Å². The van der Waals surface area contributed by atoms with E-state index in [1.165, 1.54) is 39.0 Å². The molecule has 0 radical (unpaired) electrons. The van der Waals surface area contributed by atoms with Crippen LogP contribution in [0, 0.1) is 5.82 Å². The Morgan fingerprint density at radius 1 is 1.06 bits per heavy atom. The van der Waals surface area contributed by atoms with Crippen LogP contribution in [0.2, 0.25) is 4.34 Å². The summed E-state index contributed by atoms with van der Waals surface area (Å²) in [5.74, 6) is -1.03. The van der Waals surface area contributed by atoms with E-state index < -0.39 is 11.8 Å². The highest BCUT2D eigenvalue weighted by Crippen LogP contribution is 2.36. The highest BCUT2D eigenvalue weighted by molar-refractivity contribution is 7.18. The molecule has 0 fully saturated rings. The monoisotopic (exact) mass is 522 g/mol. The second kappa shape index (κ2) is 9.96. The first-order valence-electron chi connectivity index (χ1n) is 11.1. The molecule has 2 aromatic carbocycles. The summed E-state index contributed by atoms with van der Waals surface area (Å²) >= 11 is 7.12. The van der Waals surface area contributed by atoms with Crippen LogP contribution in [0.25, 0.3) is 5.69 Å². The lowest BCUT2D eigenvalue weighted by molar-refractivity contribution is 0.0955. The second-order valence-electron chi connectivity index (χ2n) is 8.18. The molecule has 1 atom stereocenters. The molecule has 0 bridgehead atoms. The van der Waals surface area contributed by atoms with Gasteiger partial charge in [0.25, 0.3) is 11.5 Å². The Bertz CT molecular complexity index is 1520. The van der Waals surface area contributed by atoms with Crippen LogP contribution in [0.4, 0.5) is 20.6 Å². The van der Waals surface area contributed by atoms with Gasteiger partial charge in [-0.3, -0.25) is 19.1 Å². The molecule has 7 nitrogen and oxygen atoms in total. The highest BCUT2D eigenvalue weighted by atomic mass is 35.5. The van der Waals surface area contributed by atoms with E-state index in [4.69, 9.17) is 11.6 Å². The van der Waals surface area contributed by atoms with Crippen LogP contribution in [0.5, 0.6) is 0 Å². The summed E-state index contributed by atoms with van der Waals surface area (Å²) in [6.45, 7) is 0.639. The van der Waals surface area contributed by atoms with Gasteiger partial charge in [-0.25, -0.2) is 9.18 Å². The van der Waals surface area contributed by atoms with Crippen molar-refractivity contribution in [1.82, 2.24) is 9.88 Å². The molecule has 1 aliphatic heterocycles. The zero-order chi connectivity index (χ0) is 25.2. The number of para-hydroxylation sites is 1. The first-order chi connectivity index (χ1) is 17.4. The van der Waals surface area contributed by atoms with Crippen molar-refractivity contribution in [2.45, 2.75) is 5.92 Å². The number of amides is 3. The lowest BCUT2D eigenvalue weighted by Gasteiger charge is -2.19. The van der Waals surface area contributed by atoms with E-state index in [0.29, 0.717) is 33.7 Å². The number of aromatic nitrogens is 1. The molecule has 0 saturated carbocycles. The van der Waals surface area contributed by atoms with Gasteiger partial charge in [0, 0.05) is 43.0 Å². The molecule has 0 saturated heterocycles. The molecule has 2 aromatic heterocycles.